The van der Waals surface area contributed by atoms with Crippen molar-refractivity contribution in [3.63, 3.8) is 0 Å². The maximum absolute atomic E-state index is 9.82. The number of rotatable bonds is 4. The van der Waals surface area contributed by atoms with Crippen LogP contribution in [0.4, 0.5) is 5.69 Å². The van der Waals surface area contributed by atoms with E-state index in [0.29, 0.717) is 12.4 Å². The molecule has 0 aliphatic rings. The van der Waals surface area contributed by atoms with Crippen LogP contribution in [0.1, 0.15) is 5.56 Å². The van der Waals surface area contributed by atoms with E-state index < -0.39 is 0 Å². The van der Waals surface area contributed by atoms with E-state index in [1.165, 1.54) is 6.39 Å². The smallest absolute Gasteiger partial charge is 0.247 e. The lowest BCUT2D eigenvalue weighted by molar-refractivity contribution is 0.469. The molecule has 0 saturated carbocycles. The van der Waals surface area contributed by atoms with Gasteiger partial charge in [-0.1, -0.05) is 22.0 Å². The highest BCUT2D eigenvalue weighted by Gasteiger charge is 2.05. The molecule has 5 nitrogen and oxygen atoms in total. The minimum atomic E-state index is 0.263. The van der Waals surface area contributed by atoms with Crippen molar-refractivity contribution in [2.45, 2.75) is 6.54 Å². The molecule has 0 unspecified atom stereocenters. The summed E-state index contributed by atoms with van der Waals surface area (Å²) in [6.07, 6.45) is 1.30. The Hall–Kier alpha value is -2.34. The highest BCUT2D eigenvalue weighted by molar-refractivity contribution is 9.10. The van der Waals surface area contributed by atoms with Gasteiger partial charge in [-0.15, -0.1) is 10.2 Å². The molecule has 1 heterocycles. The number of hydrogen-bond donors (Lipinski definition) is 2. The number of benzene rings is 2. The third-order valence-corrected chi connectivity index (χ3v) is 3.49. The van der Waals surface area contributed by atoms with Crippen LogP contribution in [0.5, 0.6) is 5.75 Å². The zero-order chi connectivity index (χ0) is 14.7. The van der Waals surface area contributed by atoms with Gasteiger partial charge in [-0.2, -0.15) is 0 Å². The number of hydrogen-bond acceptors (Lipinski definition) is 5. The lowest BCUT2D eigenvalue weighted by Gasteiger charge is -2.09. The molecule has 2 N–H and O–H groups in total. The Labute approximate surface area is 129 Å². The zero-order valence-corrected chi connectivity index (χ0v) is 12.5. The first kappa shape index (κ1) is 13.6. The van der Waals surface area contributed by atoms with Crippen molar-refractivity contribution < 1.29 is 9.52 Å². The molecule has 0 atom stereocenters. The van der Waals surface area contributed by atoms with Crippen molar-refractivity contribution in [1.82, 2.24) is 10.2 Å². The van der Waals surface area contributed by atoms with Gasteiger partial charge in [-0.05, 0) is 36.4 Å². The monoisotopic (exact) mass is 345 g/mol. The maximum atomic E-state index is 9.82. The zero-order valence-electron chi connectivity index (χ0n) is 11.0. The molecule has 0 saturated heterocycles. The Kier molecular flexibility index (Phi) is 3.87. The molecule has 0 amide bonds. The molecule has 3 aromatic rings. The van der Waals surface area contributed by atoms with Gasteiger partial charge in [-0.25, -0.2) is 0 Å². The molecule has 0 bridgehead atoms. The summed E-state index contributed by atoms with van der Waals surface area (Å²) in [5, 5.41) is 20.6. The van der Waals surface area contributed by atoms with Crippen LogP contribution in [0, 0.1) is 0 Å². The van der Waals surface area contributed by atoms with Crippen molar-refractivity contribution in [3.05, 3.63) is 58.9 Å². The van der Waals surface area contributed by atoms with Crippen molar-refractivity contribution in [2.24, 2.45) is 0 Å². The van der Waals surface area contributed by atoms with Crippen LogP contribution in [0.25, 0.3) is 11.5 Å². The summed E-state index contributed by atoms with van der Waals surface area (Å²) in [6.45, 7) is 0.512. The number of nitrogens with one attached hydrogen (secondary N) is 1. The Morgan fingerprint density at radius 2 is 2.10 bits per heavy atom. The van der Waals surface area contributed by atoms with E-state index >= 15 is 0 Å². The van der Waals surface area contributed by atoms with Gasteiger partial charge in [0.15, 0.2) is 0 Å². The van der Waals surface area contributed by atoms with Crippen LogP contribution in [0.15, 0.2) is 57.7 Å². The predicted molar refractivity (Wildman–Crippen MR) is 82.9 cm³/mol. The summed E-state index contributed by atoms with van der Waals surface area (Å²) in [4.78, 5) is 0. The average Bonchev–Trinajstić information content (AvgIpc) is 3.03. The van der Waals surface area contributed by atoms with E-state index in [9.17, 15) is 5.11 Å². The molecule has 6 heteroatoms. The highest BCUT2D eigenvalue weighted by Crippen LogP contribution is 2.24. The fourth-order valence-corrected chi connectivity index (χ4v) is 2.36. The van der Waals surface area contributed by atoms with Gasteiger partial charge in [0.2, 0.25) is 12.3 Å². The van der Waals surface area contributed by atoms with Crippen LogP contribution >= 0.6 is 15.9 Å². The second-order valence-electron chi connectivity index (χ2n) is 4.45. The first-order valence-electron chi connectivity index (χ1n) is 6.30. The van der Waals surface area contributed by atoms with Crippen molar-refractivity contribution in [3.8, 4) is 17.2 Å². The number of phenolic OH excluding ortho intramolecular Hbond substituents is 1. The first-order valence-corrected chi connectivity index (χ1v) is 7.09. The Balaban J connectivity index is 1.76. The molecule has 0 aliphatic heterocycles. The minimum absolute atomic E-state index is 0.263. The highest BCUT2D eigenvalue weighted by atomic mass is 79.9. The Bertz CT molecular complexity index is 744. The molecule has 0 aliphatic carbocycles. The second kappa shape index (κ2) is 5.97. The second-order valence-corrected chi connectivity index (χ2v) is 5.37. The van der Waals surface area contributed by atoms with Gasteiger partial charge >= 0.3 is 0 Å². The number of nitrogens with zero attached hydrogens (tertiary/aromatic N) is 2. The fourth-order valence-electron chi connectivity index (χ4n) is 1.95. The van der Waals surface area contributed by atoms with Gasteiger partial charge in [0.1, 0.15) is 5.75 Å². The minimum Gasteiger partial charge on any atom is -0.508 e. The number of halogens is 1. The van der Waals surface area contributed by atoms with E-state index in [1.54, 1.807) is 12.1 Å². The molecule has 0 fully saturated rings. The van der Waals surface area contributed by atoms with E-state index in [4.69, 9.17) is 4.42 Å². The molecule has 21 heavy (non-hydrogen) atoms. The summed E-state index contributed by atoms with van der Waals surface area (Å²) in [7, 11) is 0. The molecule has 3 rings (SSSR count). The molecule has 0 radical (unpaired) electrons. The third-order valence-electron chi connectivity index (χ3n) is 2.99. The third kappa shape index (κ3) is 3.22. The molecule has 1 aromatic heterocycles. The maximum Gasteiger partial charge on any atom is 0.247 e. The van der Waals surface area contributed by atoms with Gasteiger partial charge in [0, 0.05) is 27.8 Å². The van der Waals surface area contributed by atoms with Crippen LogP contribution < -0.4 is 5.32 Å². The topological polar surface area (TPSA) is 71.2 Å². The Morgan fingerprint density at radius 3 is 2.90 bits per heavy atom. The number of anilines is 1. The average molecular weight is 346 g/mol. The lowest BCUT2D eigenvalue weighted by atomic mass is 10.1. The quantitative estimate of drug-likeness (QED) is 0.752. The molecule has 106 valence electrons. The van der Waals surface area contributed by atoms with Gasteiger partial charge in [0.25, 0.3) is 0 Å². The largest absolute Gasteiger partial charge is 0.508 e. The van der Waals surface area contributed by atoms with E-state index in [0.717, 1.165) is 21.3 Å². The standard InChI is InChI=1S/C15H12BrN3O2/c16-12-4-5-14(20)11(6-12)8-17-13-3-1-2-10(7-13)15-19-18-9-21-15/h1-7,9,17,20H,8H2. The van der Waals surface area contributed by atoms with Crippen molar-refractivity contribution in [2.75, 3.05) is 5.32 Å². The summed E-state index contributed by atoms with van der Waals surface area (Å²) in [6, 6.07) is 13.0. The van der Waals surface area contributed by atoms with Crippen LogP contribution in [0.3, 0.4) is 0 Å². The van der Waals surface area contributed by atoms with Crippen molar-refractivity contribution >= 4 is 21.6 Å². The van der Waals surface area contributed by atoms with E-state index in [-0.39, 0.29) is 5.75 Å². The van der Waals surface area contributed by atoms with E-state index in [1.807, 2.05) is 30.3 Å². The fraction of sp³-hybridized carbons (Fsp3) is 0.0667. The molecule has 0 spiro atoms. The number of aromatic nitrogens is 2. The van der Waals surface area contributed by atoms with Crippen LogP contribution in [-0.2, 0) is 6.54 Å². The summed E-state index contributed by atoms with van der Waals surface area (Å²) in [5.74, 6) is 0.739. The Morgan fingerprint density at radius 1 is 1.19 bits per heavy atom. The van der Waals surface area contributed by atoms with Crippen LogP contribution in [0.2, 0.25) is 0 Å². The van der Waals surface area contributed by atoms with Crippen molar-refractivity contribution in [1.29, 1.82) is 0 Å². The molecular weight excluding hydrogens is 334 g/mol. The summed E-state index contributed by atoms with van der Waals surface area (Å²) in [5.41, 5.74) is 2.56. The normalized spacial score (nSPS) is 10.5. The molecule has 2 aromatic carbocycles. The van der Waals surface area contributed by atoms with Gasteiger partial charge in [-0.3, -0.25) is 0 Å². The van der Waals surface area contributed by atoms with Crippen LogP contribution in [-0.4, -0.2) is 15.3 Å². The van der Waals surface area contributed by atoms with E-state index in [2.05, 4.69) is 31.4 Å². The number of aromatic hydroxyl groups is 1. The first-order chi connectivity index (χ1) is 10.2. The van der Waals surface area contributed by atoms with Gasteiger partial charge < -0.3 is 14.8 Å². The number of phenols is 1. The predicted octanol–water partition coefficient (Wildman–Crippen LogP) is 3.82. The lowest BCUT2D eigenvalue weighted by Crippen LogP contribution is -1.99. The molecular formula is C15H12BrN3O2. The summed E-state index contributed by atoms with van der Waals surface area (Å²) < 4.78 is 6.10. The summed E-state index contributed by atoms with van der Waals surface area (Å²) >= 11 is 3.39. The van der Waals surface area contributed by atoms with Gasteiger partial charge in [0.05, 0.1) is 0 Å². The SMILES string of the molecule is Oc1ccc(Br)cc1CNc1cccc(-c2nnco2)c1.